The molecular weight excluding hydrogens is 350 g/mol. The van der Waals surface area contributed by atoms with Gasteiger partial charge < -0.3 is 19.8 Å². The lowest BCUT2D eigenvalue weighted by atomic mass is 9.90. The molecule has 4 rings (SSSR count). The molecule has 1 aliphatic heterocycles. The van der Waals surface area contributed by atoms with Crippen LogP contribution in [0, 0.1) is 0 Å². The van der Waals surface area contributed by atoms with Crippen LogP contribution in [-0.2, 0) is 6.42 Å². The van der Waals surface area contributed by atoms with Gasteiger partial charge in [0.1, 0.15) is 17.0 Å². The molecule has 2 N–H and O–H groups in total. The third-order valence-electron chi connectivity index (χ3n) is 5.00. The van der Waals surface area contributed by atoms with Gasteiger partial charge in [0.05, 0.1) is 11.7 Å². The van der Waals surface area contributed by atoms with Gasteiger partial charge in [0, 0.05) is 44.4 Å². The number of hydrogen-bond acceptors (Lipinski definition) is 3. The summed E-state index contributed by atoms with van der Waals surface area (Å²) >= 11 is 0. The molecular formula is C22H27N5O. The Hall–Kier alpha value is -3.02. The van der Waals surface area contributed by atoms with Crippen molar-refractivity contribution >= 4 is 11.6 Å². The van der Waals surface area contributed by atoms with Crippen LogP contribution in [-0.4, -0.2) is 34.5 Å². The maximum atomic E-state index is 6.12. The molecule has 0 bridgehead atoms. The smallest absolute Gasteiger partial charge is 0.191 e. The van der Waals surface area contributed by atoms with E-state index in [1.165, 1.54) is 5.56 Å². The van der Waals surface area contributed by atoms with Crippen molar-refractivity contribution in [1.82, 2.24) is 20.0 Å². The molecule has 1 aromatic carbocycles. The molecule has 1 aliphatic rings. The molecule has 146 valence electrons. The number of rotatable bonds is 4. The summed E-state index contributed by atoms with van der Waals surface area (Å²) in [5, 5.41) is 6.98. The maximum Gasteiger partial charge on any atom is 0.191 e. The second-order valence-electron chi connectivity index (χ2n) is 7.75. The highest BCUT2D eigenvalue weighted by Crippen LogP contribution is 2.39. The van der Waals surface area contributed by atoms with Crippen LogP contribution in [0.25, 0.3) is 5.65 Å². The minimum atomic E-state index is -0.221. The lowest BCUT2D eigenvalue weighted by Crippen LogP contribution is -2.45. The highest BCUT2D eigenvalue weighted by Gasteiger charge is 2.33. The zero-order valence-corrected chi connectivity index (χ0v) is 16.6. The van der Waals surface area contributed by atoms with Crippen LogP contribution in [0.2, 0.25) is 0 Å². The van der Waals surface area contributed by atoms with Crippen molar-refractivity contribution in [3.8, 4) is 5.75 Å². The van der Waals surface area contributed by atoms with Crippen molar-refractivity contribution in [3.63, 3.8) is 0 Å². The SMILES string of the molecule is CN=C(NCCc1cn2ccccc2n1)NC1CC(C)(C)Oc2ccccc21. The summed E-state index contributed by atoms with van der Waals surface area (Å²) in [5.41, 5.74) is 2.99. The Morgan fingerprint density at radius 3 is 2.89 bits per heavy atom. The number of pyridine rings is 1. The monoisotopic (exact) mass is 377 g/mol. The van der Waals surface area contributed by atoms with Gasteiger partial charge in [-0.3, -0.25) is 4.99 Å². The highest BCUT2D eigenvalue weighted by atomic mass is 16.5. The minimum absolute atomic E-state index is 0.154. The van der Waals surface area contributed by atoms with E-state index in [0.29, 0.717) is 0 Å². The molecule has 0 spiro atoms. The van der Waals surface area contributed by atoms with E-state index in [4.69, 9.17) is 4.74 Å². The molecule has 6 heteroatoms. The first-order valence-corrected chi connectivity index (χ1v) is 9.72. The zero-order valence-electron chi connectivity index (χ0n) is 16.6. The van der Waals surface area contributed by atoms with E-state index in [-0.39, 0.29) is 11.6 Å². The van der Waals surface area contributed by atoms with Crippen LogP contribution in [0.3, 0.4) is 0 Å². The number of para-hydroxylation sites is 1. The number of fused-ring (bicyclic) bond motifs is 2. The second kappa shape index (κ2) is 7.54. The molecule has 3 heterocycles. The molecule has 3 aromatic rings. The topological polar surface area (TPSA) is 63.0 Å². The maximum absolute atomic E-state index is 6.12. The normalized spacial score (nSPS) is 18.4. The van der Waals surface area contributed by atoms with Crippen molar-refractivity contribution in [2.45, 2.75) is 38.3 Å². The Kier molecular flexibility index (Phi) is 4.94. The molecule has 1 unspecified atom stereocenters. The van der Waals surface area contributed by atoms with E-state index in [0.717, 1.165) is 42.4 Å². The molecule has 0 aliphatic carbocycles. The fourth-order valence-corrected chi connectivity index (χ4v) is 3.71. The number of guanidine groups is 1. The van der Waals surface area contributed by atoms with Gasteiger partial charge in [0.2, 0.25) is 0 Å². The average Bonchev–Trinajstić information content (AvgIpc) is 3.09. The number of nitrogens with zero attached hydrogens (tertiary/aromatic N) is 3. The van der Waals surface area contributed by atoms with E-state index in [1.54, 1.807) is 7.05 Å². The molecule has 0 saturated carbocycles. The number of nitrogens with one attached hydrogen (secondary N) is 2. The third kappa shape index (κ3) is 3.96. The molecule has 0 radical (unpaired) electrons. The molecule has 0 saturated heterocycles. The van der Waals surface area contributed by atoms with Crippen molar-refractivity contribution < 1.29 is 4.74 Å². The molecule has 6 nitrogen and oxygen atoms in total. The van der Waals surface area contributed by atoms with Crippen molar-refractivity contribution in [3.05, 3.63) is 66.1 Å². The van der Waals surface area contributed by atoms with E-state index >= 15 is 0 Å². The van der Waals surface area contributed by atoms with Gasteiger partial charge in [-0.1, -0.05) is 24.3 Å². The predicted molar refractivity (Wildman–Crippen MR) is 112 cm³/mol. The lowest BCUT2D eigenvalue weighted by Gasteiger charge is -2.38. The number of aromatic nitrogens is 2. The fourth-order valence-electron chi connectivity index (χ4n) is 3.71. The summed E-state index contributed by atoms with van der Waals surface area (Å²) in [7, 11) is 1.80. The molecule has 2 aromatic heterocycles. The Labute approximate surface area is 165 Å². The fraction of sp³-hybridized carbons (Fsp3) is 0.364. The van der Waals surface area contributed by atoms with E-state index in [2.05, 4.69) is 52.8 Å². The summed E-state index contributed by atoms with van der Waals surface area (Å²) in [6.07, 6.45) is 5.80. The summed E-state index contributed by atoms with van der Waals surface area (Å²) in [6, 6.07) is 14.4. The lowest BCUT2D eigenvalue weighted by molar-refractivity contribution is 0.0694. The van der Waals surface area contributed by atoms with Crippen LogP contribution in [0.4, 0.5) is 0 Å². The highest BCUT2D eigenvalue weighted by molar-refractivity contribution is 5.80. The first kappa shape index (κ1) is 18.3. The van der Waals surface area contributed by atoms with Crippen LogP contribution in [0.5, 0.6) is 5.75 Å². The summed E-state index contributed by atoms with van der Waals surface area (Å²) in [5.74, 6) is 1.73. The van der Waals surface area contributed by atoms with Crippen LogP contribution < -0.4 is 15.4 Å². The predicted octanol–water partition coefficient (Wildman–Crippen LogP) is 3.34. The average molecular weight is 377 g/mol. The quantitative estimate of drug-likeness (QED) is 0.541. The van der Waals surface area contributed by atoms with Gasteiger partial charge in [-0.25, -0.2) is 4.98 Å². The number of hydrogen-bond donors (Lipinski definition) is 2. The van der Waals surface area contributed by atoms with E-state index in [1.807, 2.05) is 40.9 Å². The summed E-state index contributed by atoms with van der Waals surface area (Å²) < 4.78 is 8.17. The molecule has 0 fully saturated rings. The Morgan fingerprint density at radius 1 is 1.25 bits per heavy atom. The van der Waals surface area contributed by atoms with Crippen molar-refractivity contribution in [2.24, 2.45) is 4.99 Å². The van der Waals surface area contributed by atoms with Gasteiger partial charge in [-0.2, -0.15) is 0 Å². The van der Waals surface area contributed by atoms with Crippen LogP contribution >= 0.6 is 0 Å². The Bertz CT molecular complexity index is 958. The number of benzene rings is 1. The number of ether oxygens (including phenoxy) is 1. The Morgan fingerprint density at radius 2 is 2.07 bits per heavy atom. The van der Waals surface area contributed by atoms with E-state index < -0.39 is 0 Å². The van der Waals surface area contributed by atoms with Crippen molar-refractivity contribution in [2.75, 3.05) is 13.6 Å². The van der Waals surface area contributed by atoms with Gasteiger partial charge >= 0.3 is 0 Å². The van der Waals surface area contributed by atoms with Gasteiger partial charge in [0.15, 0.2) is 5.96 Å². The zero-order chi connectivity index (χ0) is 19.6. The first-order valence-electron chi connectivity index (χ1n) is 9.72. The van der Waals surface area contributed by atoms with Gasteiger partial charge in [0.25, 0.3) is 0 Å². The summed E-state index contributed by atoms with van der Waals surface area (Å²) in [4.78, 5) is 9.05. The Balaban J connectivity index is 1.39. The first-order chi connectivity index (χ1) is 13.5. The number of imidazole rings is 1. The minimum Gasteiger partial charge on any atom is -0.487 e. The second-order valence-corrected chi connectivity index (χ2v) is 7.75. The van der Waals surface area contributed by atoms with Crippen LogP contribution in [0.1, 0.15) is 37.6 Å². The molecule has 28 heavy (non-hydrogen) atoms. The number of aliphatic imine (C=N–C) groups is 1. The molecule has 1 atom stereocenters. The van der Waals surface area contributed by atoms with Gasteiger partial charge in [-0.05, 0) is 32.0 Å². The largest absolute Gasteiger partial charge is 0.487 e. The molecule has 0 amide bonds. The third-order valence-corrected chi connectivity index (χ3v) is 5.00. The van der Waals surface area contributed by atoms with Crippen molar-refractivity contribution in [1.29, 1.82) is 0 Å². The van der Waals surface area contributed by atoms with Gasteiger partial charge in [-0.15, -0.1) is 0 Å². The van der Waals surface area contributed by atoms with Crippen LogP contribution in [0.15, 0.2) is 59.9 Å². The van der Waals surface area contributed by atoms with E-state index in [9.17, 15) is 0 Å². The standard InChI is InChI=1S/C22H27N5O/c1-22(2)14-18(17-8-4-5-9-19(17)28-22)26-21(23-3)24-12-11-16-15-27-13-7-6-10-20(27)25-16/h4-10,13,15,18H,11-12,14H2,1-3H3,(H2,23,24,26). The summed E-state index contributed by atoms with van der Waals surface area (Å²) in [6.45, 7) is 5.01.